The third-order valence-corrected chi connectivity index (χ3v) is 3.60. The van der Waals surface area contributed by atoms with Gasteiger partial charge in [0.25, 0.3) is 5.91 Å². The number of carbonyl (C=O) groups excluding carboxylic acids is 2. The van der Waals surface area contributed by atoms with Gasteiger partial charge in [-0.2, -0.15) is 13.2 Å². The van der Waals surface area contributed by atoms with E-state index in [1.54, 1.807) is 7.05 Å². The quantitative estimate of drug-likeness (QED) is 0.788. The Bertz CT molecular complexity index is 753. The number of nitrogens with zero attached hydrogens (tertiary/aromatic N) is 1. The van der Waals surface area contributed by atoms with Gasteiger partial charge in [-0.3, -0.25) is 4.79 Å². The van der Waals surface area contributed by atoms with Crippen LogP contribution in [0.2, 0.25) is 0 Å². The molecular weight excluding hydrogens is 335 g/mol. The summed E-state index contributed by atoms with van der Waals surface area (Å²) in [5.74, 6) is -0.812. The predicted octanol–water partition coefficient (Wildman–Crippen LogP) is 3.76. The molecule has 2 rings (SSSR count). The van der Waals surface area contributed by atoms with E-state index in [1.807, 2.05) is 0 Å². The standard InChI is InChI=1S/C18H16F3NO3/c1-22(11-12-3-9-15(10-4-12)18(19,20)21)16(23)13-5-7-14(8-6-13)17(24)25-2/h3-10H,11H2,1-2H3. The second-order valence-corrected chi connectivity index (χ2v) is 5.42. The van der Waals surface area contributed by atoms with Crippen molar-refractivity contribution in [2.75, 3.05) is 14.2 Å². The smallest absolute Gasteiger partial charge is 0.416 e. The van der Waals surface area contributed by atoms with Crippen LogP contribution >= 0.6 is 0 Å². The number of carbonyl (C=O) groups is 2. The highest BCUT2D eigenvalue weighted by Crippen LogP contribution is 2.29. The number of amides is 1. The number of alkyl halides is 3. The highest BCUT2D eigenvalue weighted by Gasteiger charge is 2.30. The van der Waals surface area contributed by atoms with Crippen molar-refractivity contribution in [3.05, 3.63) is 70.8 Å². The lowest BCUT2D eigenvalue weighted by Gasteiger charge is -2.18. The monoisotopic (exact) mass is 351 g/mol. The highest BCUT2D eigenvalue weighted by molar-refractivity contribution is 5.96. The first-order valence-corrected chi connectivity index (χ1v) is 7.32. The largest absolute Gasteiger partial charge is 0.465 e. The van der Waals surface area contributed by atoms with Gasteiger partial charge in [0.1, 0.15) is 0 Å². The van der Waals surface area contributed by atoms with Gasteiger partial charge < -0.3 is 9.64 Å². The molecular formula is C18H16F3NO3. The first-order valence-electron chi connectivity index (χ1n) is 7.32. The van der Waals surface area contributed by atoms with Crippen molar-refractivity contribution in [1.82, 2.24) is 4.90 Å². The van der Waals surface area contributed by atoms with Gasteiger partial charge in [0.2, 0.25) is 0 Å². The second kappa shape index (κ2) is 7.38. The molecule has 0 radical (unpaired) electrons. The van der Waals surface area contributed by atoms with Gasteiger partial charge >= 0.3 is 12.1 Å². The van der Waals surface area contributed by atoms with Crippen LogP contribution in [0.1, 0.15) is 31.8 Å². The lowest BCUT2D eigenvalue weighted by atomic mass is 10.1. The van der Waals surface area contributed by atoms with E-state index in [1.165, 1.54) is 48.4 Å². The first-order chi connectivity index (χ1) is 11.7. The van der Waals surface area contributed by atoms with Gasteiger partial charge in [0.15, 0.2) is 0 Å². The fourth-order valence-corrected chi connectivity index (χ4v) is 2.23. The van der Waals surface area contributed by atoms with Gasteiger partial charge in [-0.1, -0.05) is 12.1 Å². The van der Waals surface area contributed by atoms with Crippen molar-refractivity contribution < 1.29 is 27.5 Å². The number of hydrogen-bond acceptors (Lipinski definition) is 3. The molecule has 2 aromatic carbocycles. The maximum atomic E-state index is 12.5. The molecule has 0 atom stereocenters. The zero-order valence-electron chi connectivity index (χ0n) is 13.6. The molecule has 0 aliphatic carbocycles. The number of esters is 1. The van der Waals surface area contributed by atoms with Crippen LogP contribution in [0.5, 0.6) is 0 Å². The molecule has 0 heterocycles. The van der Waals surface area contributed by atoms with Crippen LogP contribution in [0.15, 0.2) is 48.5 Å². The Morgan fingerprint density at radius 3 is 1.96 bits per heavy atom. The van der Waals surface area contributed by atoms with Gasteiger partial charge in [-0.05, 0) is 42.0 Å². The molecule has 0 N–H and O–H groups in total. The van der Waals surface area contributed by atoms with Crippen LogP contribution in [0.4, 0.5) is 13.2 Å². The minimum absolute atomic E-state index is 0.162. The molecule has 4 nitrogen and oxygen atoms in total. The van der Waals surface area contributed by atoms with Crippen molar-refractivity contribution in [3.8, 4) is 0 Å². The third-order valence-electron chi connectivity index (χ3n) is 3.60. The predicted molar refractivity (Wildman–Crippen MR) is 85.0 cm³/mol. The fourth-order valence-electron chi connectivity index (χ4n) is 2.23. The van der Waals surface area contributed by atoms with Crippen molar-refractivity contribution in [2.24, 2.45) is 0 Å². The topological polar surface area (TPSA) is 46.6 Å². The van der Waals surface area contributed by atoms with Gasteiger partial charge in [-0.15, -0.1) is 0 Å². The summed E-state index contributed by atoms with van der Waals surface area (Å²) < 4.78 is 42.2. The summed E-state index contributed by atoms with van der Waals surface area (Å²) in [6.07, 6.45) is -4.39. The van der Waals surface area contributed by atoms with Crippen molar-refractivity contribution >= 4 is 11.9 Å². The molecule has 1 amide bonds. The molecule has 132 valence electrons. The molecule has 0 unspecified atom stereocenters. The Morgan fingerprint density at radius 1 is 0.960 bits per heavy atom. The maximum Gasteiger partial charge on any atom is 0.416 e. The van der Waals surface area contributed by atoms with Crippen LogP contribution in [-0.4, -0.2) is 30.9 Å². The van der Waals surface area contributed by atoms with E-state index in [9.17, 15) is 22.8 Å². The summed E-state index contributed by atoms with van der Waals surface area (Å²) in [6, 6.07) is 10.6. The molecule has 0 saturated carbocycles. The number of hydrogen-bond donors (Lipinski definition) is 0. The number of ether oxygens (including phenoxy) is 1. The zero-order valence-corrected chi connectivity index (χ0v) is 13.6. The average molecular weight is 351 g/mol. The SMILES string of the molecule is COC(=O)c1ccc(C(=O)N(C)Cc2ccc(C(F)(F)F)cc2)cc1. The molecule has 0 aromatic heterocycles. The fraction of sp³-hybridized carbons (Fsp3) is 0.222. The third kappa shape index (κ3) is 4.59. The van der Waals surface area contributed by atoms with Gasteiger partial charge in [0, 0.05) is 19.2 Å². The number of halogens is 3. The Morgan fingerprint density at radius 2 is 1.48 bits per heavy atom. The van der Waals surface area contributed by atoms with Crippen LogP contribution in [0, 0.1) is 0 Å². The van der Waals surface area contributed by atoms with E-state index < -0.39 is 17.7 Å². The van der Waals surface area contributed by atoms with E-state index in [0.717, 1.165) is 12.1 Å². The summed E-state index contributed by atoms with van der Waals surface area (Å²) in [5.41, 5.74) is 0.533. The molecule has 0 bridgehead atoms. The minimum Gasteiger partial charge on any atom is -0.465 e. The summed E-state index contributed by atoms with van der Waals surface area (Å²) in [4.78, 5) is 25.1. The lowest BCUT2D eigenvalue weighted by molar-refractivity contribution is -0.137. The summed E-state index contributed by atoms with van der Waals surface area (Å²) in [6.45, 7) is 0.162. The Hall–Kier alpha value is -2.83. The molecule has 25 heavy (non-hydrogen) atoms. The van der Waals surface area contributed by atoms with E-state index in [0.29, 0.717) is 16.7 Å². The van der Waals surface area contributed by atoms with Crippen molar-refractivity contribution in [3.63, 3.8) is 0 Å². The molecule has 0 fully saturated rings. The molecule has 0 aliphatic rings. The lowest BCUT2D eigenvalue weighted by Crippen LogP contribution is -2.26. The van der Waals surface area contributed by atoms with Crippen LogP contribution in [0.3, 0.4) is 0 Å². The Balaban J connectivity index is 2.06. The van der Waals surface area contributed by atoms with Crippen molar-refractivity contribution in [2.45, 2.75) is 12.7 Å². The van der Waals surface area contributed by atoms with E-state index in [2.05, 4.69) is 4.74 Å². The Kier molecular flexibility index (Phi) is 5.46. The van der Waals surface area contributed by atoms with Crippen LogP contribution < -0.4 is 0 Å². The zero-order chi connectivity index (χ0) is 18.6. The summed E-state index contributed by atoms with van der Waals surface area (Å²) in [5, 5.41) is 0. The maximum absolute atomic E-state index is 12.5. The van der Waals surface area contributed by atoms with E-state index in [-0.39, 0.29) is 12.5 Å². The minimum atomic E-state index is -4.39. The summed E-state index contributed by atoms with van der Waals surface area (Å²) >= 11 is 0. The molecule has 0 spiro atoms. The van der Waals surface area contributed by atoms with Gasteiger partial charge in [0.05, 0.1) is 18.2 Å². The first kappa shape index (κ1) is 18.5. The normalized spacial score (nSPS) is 11.1. The second-order valence-electron chi connectivity index (χ2n) is 5.42. The van der Waals surface area contributed by atoms with Crippen molar-refractivity contribution in [1.29, 1.82) is 0 Å². The van der Waals surface area contributed by atoms with E-state index in [4.69, 9.17) is 0 Å². The Labute approximate surface area is 142 Å². The average Bonchev–Trinajstić information content (AvgIpc) is 2.60. The molecule has 7 heteroatoms. The number of methoxy groups -OCH3 is 1. The van der Waals surface area contributed by atoms with Crippen LogP contribution in [0.25, 0.3) is 0 Å². The molecule has 0 aliphatic heterocycles. The number of benzene rings is 2. The van der Waals surface area contributed by atoms with Gasteiger partial charge in [-0.25, -0.2) is 4.79 Å². The van der Waals surface area contributed by atoms with Crippen LogP contribution in [-0.2, 0) is 17.5 Å². The number of rotatable bonds is 4. The molecule has 0 saturated heterocycles. The highest BCUT2D eigenvalue weighted by atomic mass is 19.4. The summed E-state index contributed by atoms with van der Waals surface area (Å²) in [7, 11) is 2.81. The van der Waals surface area contributed by atoms with E-state index >= 15 is 0 Å². The molecule has 2 aromatic rings.